The number of likely N-dealkylation sites (N-methyl/N-ethyl adjacent to an activating group) is 1. The Morgan fingerprint density at radius 2 is 1.88 bits per heavy atom. The fourth-order valence-electron chi connectivity index (χ4n) is 4.06. The highest BCUT2D eigenvalue weighted by molar-refractivity contribution is 5.77. The van der Waals surface area contributed by atoms with Crippen molar-refractivity contribution in [1.82, 2.24) is 29.9 Å². The predicted octanol–water partition coefficient (Wildman–Crippen LogP) is 2.24. The zero-order chi connectivity index (χ0) is 23.7. The molecule has 0 spiro atoms. The van der Waals surface area contributed by atoms with Gasteiger partial charge in [-0.25, -0.2) is 9.37 Å². The number of aromatic nitrogens is 5. The molecule has 1 aliphatic carbocycles. The highest BCUT2D eigenvalue weighted by atomic mass is 19.1. The first-order valence-electron chi connectivity index (χ1n) is 10.1. The quantitative estimate of drug-likeness (QED) is 0.626. The van der Waals surface area contributed by atoms with Crippen LogP contribution in [0.25, 0.3) is 5.82 Å². The van der Waals surface area contributed by atoms with Gasteiger partial charge in [0.15, 0.2) is 11.6 Å². The minimum atomic E-state index is -0.833. The SMILES string of the molecule is CC(=O)O.CNC(=O)Cc1nc(C2(c3ccccc3F)CC2(C)C)n(-c2ccnn2C)n1. The van der Waals surface area contributed by atoms with Gasteiger partial charge in [-0.15, -0.1) is 5.10 Å². The van der Waals surface area contributed by atoms with E-state index in [1.165, 1.54) is 6.07 Å². The number of hydrogen-bond donors (Lipinski definition) is 2. The third-order valence-electron chi connectivity index (χ3n) is 5.71. The van der Waals surface area contributed by atoms with Crippen LogP contribution in [0.4, 0.5) is 4.39 Å². The van der Waals surface area contributed by atoms with Gasteiger partial charge in [-0.3, -0.25) is 14.3 Å². The zero-order valence-electron chi connectivity index (χ0n) is 18.8. The largest absolute Gasteiger partial charge is 0.481 e. The molecular formula is C22H27FN6O3. The van der Waals surface area contributed by atoms with Crippen molar-refractivity contribution in [3.05, 3.63) is 59.6 Å². The molecule has 3 aromatic rings. The van der Waals surface area contributed by atoms with Crippen LogP contribution in [0, 0.1) is 11.2 Å². The second kappa shape index (κ2) is 8.52. The Labute approximate surface area is 185 Å². The van der Waals surface area contributed by atoms with Crippen molar-refractivity contribution in [1.29, 1.82) is 0 Å². The number of carboxylic acid groups (broad SMARTS) is 1. The molecule has 0 saturated heterocycles. The van der Waals surface area contributed by atoms with Gasteiger partial charge in [0.1, 0.15) is 11.6 Å². The Bertz CT molecular complexity index is 1150. The Morgan fingerprint density at radius 1 is 1.25 bits per heavy atom. The number of benzene rings is 1. The van der Waals surface area contributed by atoms with Gasteiger partial charge in [0, 0.05) is 32.6 Å². The fourth-order valence-corrected chi connectivity index (χ4v) is 4.06. The van der Waals surface area contributed by atoms with E-state index < -0.39 is 11.4 Å². The summed E-state index contributed by atoms with van der Waals surface area (Å²) in [5.74, 6) is 0.465. The van der Waals surface area contributed by atoms with Crippen LogP contribution in [0.5, 0.6) is 0 Å². The molecule has 0 aliphatic heterocycles. The maximum atomic E-state index is 14.8. The molecule has 4 rings (SSSR count). The first-order valence-corrected chi connectivity index (χ1v) is 10.1. The van der Waals surface area contributed by atoms with Crippen LogP contribution in [-0.4, -0.2) is 48.6 Å². The molecule has 10 heteroatoms. The van der Waals surface area contributed by atoms with E-state index in [-0.39, 0.29) is 23.6 Å². The molecule has 1 saturated carbocycles. The molecule has 1 amide bonds. The lowest BCUT2D eigenvalue weighted by Crippen LogP contribution is -2.24. The highest BCUT2D eigenvalue weighted by Gasteiger charge is 2.67. The Balaban J connectivity index is 0.000000668. The van der Waals surface area contributed by atoms with Gasteiger partial charge >= 0.3 is 0 Å². The number of carboxylic acids is 1. The third-order valence-corrected chi connectivity index (χ3v) is 5.71. The number of nitrogens with zero attached hydrogens (tertiary/aromatic N) is 5. The van der Waals surface area contributed by atoms with Crippen molar-refractivity contribution in [2.45, 2.75) is 39.0 Å². The number of hydrogen-bond acceptors (Lipinski definition) is 5. The van der Waals surface area contributed by atoms with Gasteiger partial charge in [0.25, 0.3) is 5.97 Å². The lowest BCUT2D eigenvalue weighted by molar-refractivity contribution is -0.134. The van der Waals surface area contributed by atoms with E-state index in [1.54, 1.807) is 28.7 Å². The summed E-state index contributed by atoms with van der Waals surface area (Å²) in [6, 6.07) is 8.63. The highest BCUT2D eigenvalue weighted by Crippen LogP contribution is 2.67. The standard InChI is InChI=1S/C20H23FN6O.C2H4O2/c1-19(2)12-20(19,13-7-5-6-8-14(13)21)18-24-15(11-16(28)22-3)25-27(18)17-9-10-23-26(17)4;1-2(3)4/h5-10H,11-12H2,1-4H3,(H,22,28);1H3,(H,3,4). The van der Waals surface area contributed by atoms with E-state index in [9.17, 15) is 9.18 Å². The fraction of sp³-hybridized carbons (Fsp3) is 0.409. The second-order valence-electron chi connectivity index (χ2n) is 8.39. The second-order valence-corrected chi connectivity index (χ2v) is 8.39. The number of amides is 1. The number of carbonyl (C=O) groups excluding carboxylic acids is 1. The average Bonchev–Trinajstić information content (AvgIpc) is 3.03. The summed E-state index contributed by atoms with van der Waals surface area (Å²) in [6.07, 6.45) is 2.46. The normalized spacial score (nSPS) is 18.4. The van der Waals surface area contributed by atoms with Crippen LogP contribution in [0.3, 0.4) is 0 Å². The molecule has 1 fully saturated rings. The summed E-state index contributed by atoms with van der Waals surface area (Å²) in [5.41, 5.74) is -0.235. The molecule has 1 aromatic carbocycles. The number of halogens is 1. The molecule has 2 aromatic heterocycles. The minimum absolute atomic E-state index is 0.0577. The maximum Gasteiger partial charge on any atom is 0.300 e. The van der Waals surface area contributed by atoms with Crippen LogP contribution >= 0.6 is 0 Å². The third kappa shape index (κ3) is 4.12. The molecule has 1 unspecified atom stereocenters. The van der Waals surface area contributed by atoms with Gasteiger partial charge in [-0.1, -0.05) is 32.0 Å². The number of rotatable bonds is 5. The van der Waals surface area contributed by atoms with E-state index in [0.717, 1.165) is 13.3 Å². The van der Waals surface area contributed by atoms with Gasteiger partial charge in [-0.2, -0.15) is 9.78 Å². The topological polar surface area (TPSA) is 115 Å². The first kappa shape index (κ1) is 23.1. The van der Waals surface area contributed by atoms with Crippen LogP contribution in [0.15, 0.2) is 36.5 Å². The van der Waals surface area contributed by atoms with Gasteiger partial charge in [0.05, 0.1) is 18.0 Å². The van der Waals surface area contributed by atoms with E-state index in [1.807, 2.05) is 25.2 Å². The van der Waals surface area contributed by atoms with Crippen LogP contribution in [-0.2, 0) is 28.5 Å². The van der Waals surface area contributed by atoms with E-state index >= 15 is 0 Å². The molecule has 9 nitrogen and oxygen atoms in total. The Kier molecular flexibility index (Phi) is 6.16. The minimum Gasteiger partial charge on any atom is -0.481 e. The first-order chi connectivity index (χ1) is 15.0. The lowest BCUT2D eigenvalue weighted by Gasteiger charge is -2.21. The molecule has 32 heavy (non-hydrogen) atoms. The van der Waals surface area contributed by atoms with Crippen molar-refractivity contribution in [2.24, 2.45) is 12.5 Å². The van der Waals surface area contributed by atoms with Crippen molar-refractivity contribution >= 4 is 11.9 Å². The van der Waals surface area contributed by atoms with Crippen LogP contribution in [0.2, 0.25) is 0 Å². The summed E-state index contributed by atoms with van der Waals surface area (Å²) in [5, 5.41) is 18.8. The Hall–Kier alpha value is -3.56. The summed E-state index contributed by atoms with van der Waals surface area (Å²) in [4.78, 5) is 25.6. The van der Waals surface area contributed by atoms with Crippen molar-refractivity contribution in [3.8, 4) is 5.82 Å². The smallest absolute Gasteiger partial charge is 0.300 e. The van der Waals surface area contributed by atoms with Crippen LogP contribution in [0.1, 0.15) is 44.4 Å². The summed E-state index contributed by atoms with van der Waals surface area (Å²) >= 11 is 0. The Morgan fingerprint density at radius 3 is 2.38 bits per heavy atom. The average molecular weight is 442 g/mol. The number of aliphatic carboxylic acids is 1. The molecule has 2 heterocycles. The molecule has 2 N–H and O–H groups in total. The molecule has 1 atom stereocenters. The lowest BCUT2D eigenvalue weighted by atomic mass is 9.86. The molecule has 0 radical (unpaired) electrons. The van der Waals surface area contributed by atoms with E-state index in [4.69, 9.17) is 14.9 Å². The van der Waals surface area contributed by atoms with Crippen molar-refractivity contribution in [3.63, 3.8) is 0 Å². The summed E-state index contributed by atoms with van der Waals surface area (Å²) in [7, 11) is 3.39. The summed E-state index contributed by atoms with van der Waals surface area (Å²) < 4.78 is 18.2. The van der Waals surface area contributed by atoms with Gasteiger partial charge < -0.3 is 10.4 Å². The zero-order valence-corrected chi connectivity index (χ0v) is 18.8. The summed E-state index contributed by atoms with van der Waals surface area (Å²) in [6.45, 7) is 5.28. The van der Waals surface area contributed by atoms with Gasteiger partial charge in [-0.05, 0) is 17.9 Å². The van der Waals surface area contributed by atoms with Crippen molar-refractivity contribution < 1.29 is 19.1 Å². The van der Waals surface area contributed by atoms with E-state index in [2.05, 4.69) is 29.4 Å². The molecule has 170 valence electrons. The maximum absolute atomic E-state index is 14.8. The van der Waals surface area contributed by atoms with Crippen molar-refractivity contribution in [2.75, 3.05) is 7.05 Å². The molecule has 0 bridgehead atoms. The van der Waals surface area contributed by atoms with E-state index in [0.29, 0.717) is 23.0 Å². The number of carbonyl (C=O) groups is 2. The van der Waals surface area contributed by atoms with Crippen LogP contribution < -0.4 is 5.32 Å². The predicted molar refractivity (Wildman–Crippen MR) is 115 cm³/mol. The number of nitrogens with one attached hydrogen (secondary N) is 1. The monoisotopic (exact) mass is 442 g/mol. The van der Waals surface area contributed by atoms with Gasteiger partial charge in [0.2, 0.25) is 5.91 Å². The molecule has 1 aliphatic rings. The number of aryl methyl sites for hydroxylation is 1. The molecular weight excluding hydrogens is 415 g/mol.